The number of hydrogen-bond donors (Lipinski definition) is 0. The first-order valence-electron chi connectivity index (χ1n) is 8.99. The summed E-state index contributed by atoms with van der Waals surface area (Å²) in [5.74, 6) is 1.02. The zero-order valence-corrected chi connectivity index (χ0v) is 14.6. The fraction of sp³-hybridized carbons (Fsp3) is 0.500. The van der Waals surface area contributed by atoms with Gasteiger partial charge in [0.1, 0.15) is 6.54 Å². The van der Waals surface area contributed by atoms with Gasteiger partial charge in [0.15, 0.2) is 5.78 Å². The van der Waals surface area contributed by atoms with Gasteiger partial charge in [0.05, 0.1) is 0 Å². The second-order valence-electron chi connectivity index (χ2n) is 6.92. The molecule has 1 fully saturated rings. The Bertz CT molecular complexity index is 739. The van der Waals surface area contributed by atoms with E-state index in [9.17, 15) is 9.59 Å². The summed E-state index contributed by atoms with van der Waals surface area (Å²) >= 11 is 0. The van der Waals surface area contributed by atoms with Crippen LogP contribution in [0.5, 0.6) is 0 Å². The molecule has 0 aliphatic carbocycles. The van der Waals surface area contributed by atoms with E-state index < -0.39 is 0 Å². The predicted molar refractivity (Wildman–Crippen MR) is 96.2 cm³/mol. The molecule has 1 saturated heterocycles. The summed E-state index contributed by atoms with van der Waals surface area (Å²) in [6, 6.07) is 7.87. The summed E-state index contributed by atoms with van der Waals surface area (Å²) in [6.45, 7) is 6.26. The number of para-hydroxylation sites is 1. The fourth-order valence-corrected chi connectivity index (χ4v) is 3.47. The van der Waals surface area contributed by atoms with Crippen molar-refractivity contribution in [1.29, 1.82) is 0 Å². The van der Waals surface area contributed by atoms with Crippen LogP contribution in [0.15, 0.2) is 30.5 Å². The van der Waals surface area contributed by atoms with E-state index in [1.54, 1.807) is 0 Å². The number of piperidine rings is 1. The minimum atomic E-state index is 0.150. The third-order valence-corrected chi connectivity index (χ3v) is 5.01. The van der Waals surface area contributed by atoms with Gasteiger partial charge >= 0.3 is 0 Å². The maximum absolute atomic E-state index is 12.6. The monoisotopic (exact) mass is 326 g/mol. The van der Waals surface area contributed by atoms with Gasteiger partial charge in [-0.3, -0.25) is 9.59 Å². The maximum atomic E-state index is 12.6. The number of rotatable bonds is 5. The minimum absolute atomic E-state index is 0.150. The topological polar surface area (TPSA) is 42.3 Å². The third-order valence-electron chi connectivity index (χ3n) is 5.01. The largest absolute Gasteiger partial charge is 0.341 e. The Balaban J connectivity index is 1.84. The normalized spacial score (nSPS) is 15.8. The SMILES string of the molecule is CCCC(=O)c1cn(CC(=O)N2CCC(C)CC2)c2ccccc12. The van der Waals surface area contributed by atoms with Crippen LogP contribution in [-0.2, 0) is 11.3 Å². The van der Waals surface area contributed by atoms with Crippen molar-refractivity contribution in [2.24, 2.45) is 5.92 Å². The Labute approximate surface area is 143 Å². The molecule has 4 nitrogen and oxygen atoms in total. The summed E-state index contributed by atoms with van der Waals surface area (Å²) in [5, 5.41) is 0.955. The van der Waals surface area contributed by atoms with Crippen molar-refractivity contribution in [3.63, 3.8) is 0 Å². The van der Waals surface area contributed by atoms with Gasteiger partial charge in [0.25, 0.3) is 0 Å². The molecule has 0 radical (unpaired) electrons. The minimum Gasteiger partial charge on any atom is -0.341 e. The number of carbonyl (C=O) groups excluding carboxylic acids is 2. The van der Waals surface area contributed by atoms with E-state index in [1.807, 2.05) is 46.9 Å². The van der Waals surface area contributed by atoms with E-state index in [4.69, 9.17) is 0 Å². The number of amides is 1. The number of fused-ring (bicyclic) bond motifs is 1. The van der Waals surface area contributed by atoms with Crippen LogP contribution < -0.4 is 0 Å². The van der Waals surface area contributed by atoms with Crippen LogP contribution in [0.25, 0.3) is 10.9 Å². The van der Waals surface area contributed by atoms with Gasteiger partial charge in [0.2, 0.25) is 5.91 Å². The number of carbonyl (C=O) groups is 2. The van der Waals surface area contributed by atoms with Crippen LogP contribution in [0, 0.1) is 5.92 Å². The summed E-state index contributed by atoms with van der Waals surface area (Å²) in [6.07, 6.45) is 5.42. The Hall–Kier alpha value is -2.10. The molecule has 1 aromatic carbocycles. The molecular weight excluding hydrogens is 300 g/mol. The number of likely N-dealkylation sites (tertiary alicyclic amines) is 1. The van der Waals surface area contributed by atoms with Crippen molar-refractivity contribution >= 4 is 22.6 Å². The molecular formula is C20H26N2O2. The molecule has 2 heterocycles. The molecule has 0 saturated carbocycles. The lowest BCUT2D eigenvalue weighted by Crippen LogP contribution is -2.39. The van der Waals surface area contributed by atoms with Gasteiger partial charge in [-0.05, 0) is 31.2 Å². The first kappa shape index (κ1) is 16.7. The Morgan fingerprint density at radius 3 is 2.58 bits per heavy atom. The number of benzene rings is 1. The lowest BCUT2D eigenvalue weighted by molar-refractivity contribution is -0.133. The second-order valence-corrected chi connectivity index (χ2v) is 6.92. The highest BCUT2D eigenvalue weighted by Gasteiger charge is 2.22. The molecule has 1 aliphatic rings. The number of ketones is 1. The number of hydrogen-bond acceptors (Lipinski definition) is 2. The van der Waals surface area contributed by atoms with Crippen molar-refractivity contribution < 1.29 is 9.59 Å². The molecule has 3 rings (SSSR count). The van der Waals surface area contributed by atoms with Crippen LogP contribution in [-0.4, -0.2) is 34.2 Å². The smallest absolute Gasteiger partial charge is 0.242 e. The van der Waals surface area contributed by atoms with Crippen LogP contribution >= 0.6 is 0 Å². The van der Waals surface area contributed by atoms with E-state index in [0.29, 0.717) is 18.9 Å². The van der Waals surface area contributed by atoms with E-state index >= 15 is 0 Å². The second kappa shape index (κ2) is 7.20. The van der Waals surface area contributed by atoms with E-state index in [2.05, 4.69) is 6.92 Å². The van der Waals surface area contributed by atoms with Crippen LogP contribution in [0.3, 0.4) is 0 Å². The molecule has 0 unspecified atom stereocenters. The highest BCUT2D eigenvalue weighted by atomic mass is 16.2. The molecule has 1 aliphatic heterocycles. The molecule has 4 heteroatoms. The Morgan fingerprint density at radius 2 is 1.88 bits per heavy atom. The van der Waals surface area contributed by atoms with Gasteiger partial charge in [-0.1, -0.05) is 32.0 Å². The van der Waals surface area contributed by atoms with Crippen molar-refractivity contribution in [3.8, 4) is 0 Å². The van der Waals surface area contributed by atoms with Crippen molar-refractivity contribution in [2.75, 3.05) is 13.1 Å². The molecule has 0 atom stereocenters. The average molecular weight is 326 g/mol. The molecule has 1 aromatic heterocycles. The van der Waals surface area contributed by atoms with E-state index in [-0.39, 0.29) is 11.7 Å². The van der Waals surface area contributed by atoms with Crippen LogP contribution in [0.2, 0.25) is 0 Å². The third kappa shape index (κ3) is 3.37. The van der Waals surface area contributed by atoms with Gasteiger partial charge in [-0.2, -0.15) is 0 Å². The van der Waals surface area contributed by atoms with Crippen molar-refractivity contribution in [3.05, 3.63) is 36.0 Å². The Morgan fingerprint density at radius 1 is 1.17 bits per heavy atom. The summed E-state index contributed by atoms with van der Waals surface area (Å²) < 4.78 is 1.94. The summed E-state index contributed by atoms with van der Waals surface area (Å²) in [4.78, 5) is 27.0. The number of aromatic nitrogens is 1. The number of nitrogens with zero attached hydrogens (tertiary/aromatic N) is 2. The molecule has 0 N–H and O–H groups in total. The van der Waals surface area contributed by atoms with E-state index in [1.165, 1.54) is 0 Å². The molecule has 0 bridgehead atoms. The highest BCUT2D eigenvalue weighted by molar-refractivity contribution is 6.08. The van der Waals surface area contributed by atoms with Gasteiger partial charge in [0, 0.05) is 42.2 Å². The van der Waals surface area contributed by atoms with Crippen LogP contribution in [0.1, 0.15) is 49.9 Å². The van der Waals surface area contributed by atoms with Crippen molar-refractivity contribution in [2.45, 2.75) is 46.1 Å². The molecule has 1 amide bonds. The standard InChI is InChI=1S/C20H26N2O2/c1-3-6-19(23)17-13-22(18-8-5-4-7-16(17)18)14-20(24)21-11-9-15(2)10-12-21/h4-5,7-8,13,15H,3,6,9-12,14H2,1-2H3. The Kier molecular flexibility index (Phi) is 5.03. The van der Waals surface area contributed by atoms with Gasteiger partial charge in [-0.15, -0.1) is 0 Å². The molecule has 24 heavy (non-hydrogen) atoms. The lowest BCUT2D eigenvalue weighted by atomic mass is 9.99. The van der Waals surface area contributed by atoms with Gasteiger partial charge in [-0.25, -0.2) is 0 Å². The maximum Gasteiger partial charge on any atom is 0.242 e. The highest BCUT2D eigenvalue weighted by Crippen LogP contribution is 2.24. The number of Topliss-reactive ketones (excluding diaryl/α,β-unsaturated/α-hetero) is 1. The molecule has 128 valence electrons. The first-order chi connectivity index (χ1) is 11.6. The fourth-order valence-electron chi connectivity index (χ4n) is 3.47. The lowest BCUT2D eigenvalue weighted by Gasteiger charge is -2.30. The molecule has 0 spiro atoms. The summed E-state index contributed by atoms with van der Waals surface area (Å²) in [7, 11) is 0. The van der Waals surface area contributed by atoms with Crippen molar-refractivity contribution in [1.82, 2.24) is 9.47 Å². The van der Waals surface area contributed by atoms with E-state index in [0.717, 1.165) is 48.8 Å². The molecule has 2 aromatic rings. The summed E-state index contributed by atoms with van der Waals surface area (Å²) in [5.41, 5.74) is 1.71. The predicted octanol–water partition coefficient (Wildman–Crippen LogP) is 3.88. The zero-order chi connectivity index (χ0) is 17.1. The average Bonchev–Trinajstić information content (AvgIpc) is 2.95. The van der Waals surface area contributed by atoms with Crippen LogP contribution in [0.4, 0.5) is 0 Å². The quantitative estimate of drug-likeness (QED) is 0.783. The van der Waals surface area contributed by atoms with Gasteiger partial charge < -0.3 is 9.47 Å². The zero-order valence-electron chi connectivity index (χ0n) is 14.6. The first-order valence-corrected chi connectivity index (χ1v) is 8.99.